The zero-order valence-corrected chi connectivity index (χ0v) is 39.5. The summed E-state index contributed by atoms with van der Waals surface area (Å²) < 4.78 is 57.0. The lowest BCUT2D eigenvalue weighted by Gasteiger charge is -2.49. The van der Waals surface area contributed by atoms with Crippen LogP contribution in [0.25, 0.3) is 0 Å². The molecule has 0 aliphatic carbocycles. The normalized spacial score (nSPS) is 45.8. The Hall–Kier alpha value is -2.25. The first-order valence-electron chi connectivity index (χ1n) is 22.1. The molecule has 4 aliphatic heterocycles. The molecule has 1 unspecified atom stereocenters. The van der Waals surface area contributed by atoms with E-state index in [2.05, 4.69) is 11.5 Å². The molecule has 4 saturated heterocycles. The summed E-state index contributed by atoms with van der Waals surface area (Å²) in [7, 11) is 5.33. The number of hydrogen-bond acceptors (Lipinski definition) is 16. The highest BCUT2D eigenvalue weighted by atomic mass is 16.7. The SMILES string of the molecule is C=C1CO[C@H]2[C@@H](C)N(C1)C[C@H](C)C[C@@](C)(O)[C@H](O[C@@H]1O[C@H](C)C[C@H](N(C)C)[C@H]1OC(C)=O)[C@@H](C)[C@H](O[C@H]1C[C@@](C)(OC)[C@@H](OC(C)=O)[C@H](C)O1)[C@@H](C)C(=O)O[C@H](CC)[C@@]2(C)O. The summed E-state index contributed by atoms with van der Waals surface area (Å²) in [4.78, 5) is 43.6. The van der Waals surface area contributed by atoms with Gasteiger partial charge in [0.25, 0.3) is 0 Å². The number of nitrogens with zero attached hydrogens (tertiary/aromatic N) is 2. The van der Waals surface area contributed by atoms with Crippen molar-refractivity contribution in [2.45, 2.75) is 199 Å². The van der Waals surface area contributed by atoms with Crippen molar-refractivity contribution in [2.24, 2.45) is 17.8 Å². The molecule has 2 N–H and O–H groups in total. The van der Waals surface area contributed by atoms with Gasteiger partial charge in [0.1, 0.15) is 23.4 Å². The van der Waals surface area contributed by atoms with Gasteiger partial charge in [-0.3, -0.25) is 19.3 Å². The molecule has 2 bridgehead atoms. The van der Waals surface area contributed by atoms with Crippen molar-refractivity contribution in [1.82, 2.24) is 9.80 Å². The molecule has 4 heterocycles. The number of likely N-dealkylation sites (N-methyl/N-ethyl adjacent to an activating group) is 1. The van der Waals surface area contributed by atoms with Gasteiger partial charge in [-0.1, -0.05) is 27.4 Å². The predicted octanol–water partition coefficient (Wildman–Crippen LogP) is 4.01. The van der Waals surface area contributed by atoms with Crippen LogP contribution in [0, 0.1) is 17.8 Å². The molecule has 0 spiro atoms. The number of fused-ring (bicyclic) bond motifs is 2. The topological polar surface area (TPSA) is 181 Å². The van der Waals surface area contributed by atoms with Crippen LogP contribution in [-0.2, 0) is 57.0 Å². The monoisotopic (exact) mass is 871 g/mol. The Morgan fingerprint density at radius 2 is 1.57 bits per heavy atom. The number of carbonyl (C=O) groups is 3. The van der Waals surface area contributed by atoms with Crippen LogP contribution < -0.4 is 0 Å². The van der Waals surface area contributed by atoms with E-state index in [-0.39, 0.29) is 50.0 Å². The minimum atomic E-state index is -1.62. The van der Waals surface area contributed by atoms with E-state index < -0.39 is 102 Å². The standard InChI is InChI=1S/C45H78N2O14/c1-17-34-45(13,52)39-29(7)47(22-25(3)23-54-39)21-24(2)19-43(11,51)38(61-42-37(57-31(9)48)33(46(14)15)18-26(4)55-42)27(5)36(28(6)41(50)59-34)60-35-20-44(12,53-16)40(30(8)56-35)58-32(10)49/h24,26-30,33-40,42,51-52H,3,17-23H2,1-2,4-16H3/t24-,26-,27+,28-,29-,30+,33+,34-,35+,36+,37-,38-,39+,40+,42+,43-,44-,45-/m1/s1. The fourth-order valence-corrected chi connectivity index (χ4v) is 10.3. The van der Waals surface area contributed by atoms with Crippen LogP contribution >= 0.6 is 0 Å². The van der Waals surface area contributed by atoms with Gasteiger partial charge in [0.2, 0.25) is 0 Å². The molecule has 16 heteroatoms. The Morgan fingerprint density at radius 3 is 2.15 bits per heavy atom. The van der Waals surface area contributed by atoms with Crippen molar-refractivity contribution < 1.29 is 67.2 Å². The minimum absolute atomic E-state index is 0.113. The summed E-state index contributed by atoms with van der Waals surface area (Å²) in [5.41, 5.74) is -3.43. The van der Waals surface area contributed by atoms with Gasteiger partial charge in [-0.05, 0) is 93.3 Å². The average molecular weight is 871 g/mol. The largest absolute Gasteiger partial charge is 0.459 e. The van der Waals surface area contributed by atoms with Crippen LogP contribution in [0.2, 0.25) is 0 Å². The lowest BCUT2D eigenvalue weighted by molar-refractivity contribution is -0.319. The number of aliphatic hydroxyl groups is 2. The van der Waals surface area contributed by atoms with Gasteiger partial charge in [-0.25, -0.2) is 0 Å². The first-order chi connectivity index (χ1) is 28.3. The van der Waals surface area contributed by atoms with Gasteiger partial charge in [-0.2, -0.15) is 0 Å². The van der Waals surface area contributed by atoms with Crippen LogP contribution in [0.5, 0.6) is 0 Å². The highest BCUT2D eigenvalue weighted by Gasteiger charge is 2.54. The summed E-state index contributed by atoms with van der Waals surface area (Å²) in [6, 6.07) is -0.611. The molecule has 4 fully saturated rings. The van der Waals surface area contributed by atoms with Gasteiger partial charge in [-0.15, -0.1) is 0 Å². The van der Waals surface area contributed by atoms with Crippen LogP contribution in [0.3, 0.4) is 0 Å². The van der Waals surface area contributed by atoms with Gasteiger partial charge >= 0.3 is 17.9 Å². The van der Waals surface area contributed by atoms with Crippen LogP contribution in [-0.4, -0.2) is 169 Å². The Kier molecular flexibility index (Phi) is 17.5. The lowest BCUT2D eigenvalue weighted by Crippen LogP contribution is -2.61. The maximum Gasteiger partial charge on any atom is 0.311 e. The van der Waals surface area contributed by atoms with Crippen molar-refractivity contribution >= 4 is 17.9 Å². The number of carbonyl (C=O) groups excluding carboxylic acids is 3. The third kappa shape index (κ3) is 12.1. The number of hydrogen-bond donors (Lipinski definition) is 2. The van der Waals surface area contributed by atoms with E-state index >= 15 is 0 Å². The fourth-order valence-electron chi connectivity index (χ4n) is 10.3. The van der Waals surface area contributed by atoms with E-state index in [0.717, 1.165) is 5.57 Å². The van der Waals surface area contributed by atoms with Gasteiger partial charge < -0.3 is 57.7 Å². The van der Waals surface area contributed by atoms with E-state index in [4.69, 9.17) is 42.6 Å². The summed E-state index contributed by atoms with van der Waals surface area (Å²) in [5.74, 6) is -3.63. The summed E-state index contributed by atoms with van der Waals surface area (Å²) in [5, 5.41) is 25.3. The molecule has 0 aromatic carbocycles. The summed E-state index contributed by atoms with van der Waals surface area (Å²) in [6.07, 6.45) is -7.41. The lowest BCUT2D eigenvalue weighted by atomic mass is 9.77. The molecule has 19 atom stereocenters. The smallest absolute Gasteiger partial charge is 0.311 e. The molecule has 16 nitrogen and oxygen atoms in total. The Bertz CT molecular complexity index is 1510. The average Bonchev–Trinajstić information content (AvgIpc) is 3.29. The van der Waals surface area contributed by atoms with E-state index in [9.17, 15) is 24.6 Å². The van der Waals surface area contributed by atoms with Crippen LogP contribution in [0.4, 0.5) is 0 Å². The Balaban J connectivity index is 1.89. The molecule has 0 amide bonds. The number of ether oxygens (including phenoxy) is 9. The zero-order valence-electron chi connectivity index (χ0n) is 39.5. The number of methoxy groups -OCH3 is 1. The molecule has 0 radical (unpaired) electrons. The quantitative estimate of drug-likeness (QED) is 0.193. The molecule has 4 aliphatic rings. The van der Waals surface area contributed by atoms with E-state index in [0.29, 0.717) is 19.5 Å². The van der Waals surface area contributed by atoms with E-state index in [1.165, 1.54) is 21.0 Å². The Morgan fingerprint density at radius 1 is 0.934 bits per heavy atom. The molecule has 61 heavy (non-hydrogen) atoms. The summed E-state index contributed by atoms with van der Waals surface area (Å²) >= 11 is 0. The Labute approximate surface area is 364 Å². The van der Waals surface area contributed by atoms with E-state index in [1.54, 1.807) is 27.7 Å². The van der Waals surface area contributed by atoms with Crippen molar-refractivity contribution in [3.8, 4) is 0 Å². The molecular formula is C45H78N2O14. The van der Waals surface area contributed by atoms with E-state index in [1.807, 2.05) is 60.5 Å². The zero-order chi connectivity index (χ0) is 45.9. The molecule has 0 aromatic rings. The predicted molar refractivity (Wildman–Crippen MR) is 225 cm³/mol. The fraction of sp³-hybridized carbons (Fsp3) is 0.889. The molecule has 0 aromatic heterocycles. The first kappa shape index (κ1) is 51.4. The highest BCUT2D eigenvalue weighted by Crippen LogP contribution is 2.41. The third-order valence-corrected chi connectivity index (χ3v) is 13.4. The molecular weight excluding hydrogens is 792 g/mol. The maximum atomic E-state index is 14.7. The second-order valence-corrected chi connectivity index (χ2v) is 19.4. The molecule has 4 rings (SSSR count). The molecule has 352 valence electrons. The van der Waals surface area contributed by atoms with Gasteiger partial charge in [0.15, 0.2) is 24.8 Å². The van der Waals surface area contributed by atoms with Crippen LogP contribution in [0.1, 0.15) is 109 Å². The molecule has 0 saturated carbocycles. The second-order valence-electron chi connectivity index (χ2n) is 19.4. The number of rotatable bonds is 9. The maximum absolute atomic E-state index is 14.7. The highest BCUT2D eigenvalue weighted by molar-refractivity contribution is 5.73. The number of esters is 3. The third-order valence-electron chi connectivity index (χ3n) is 13.4. The van der Waals surface area contributed by atoms with Crippen molar-refractivity contribution in [1.29, 1.82) is 0 Å². The van der Waals surface area contributed by atoms with Crippen molar-refractivity contribution in [3.05, 3.63) is 12.2 Å². The summed E-state index contributed by atoms with van der Waals surface area (Å²) in [6.45, 7) is 26.4. The van der Waals surface area contributed by atoms with Crippen molar-refractivity contribution in [3.63, 3.8) is 0 Å². The van der Waals surface area contributed by atoms with Gasteiger partial charge in [0, 0.05) is 52.4 Å². The minimum Gasteiger partial charge on any atom is -0.459 e. The first-order valence-corrected chi connectivity index (χ1v) is 22.1. The number of cyclic esters (lactones) is 1. The second kappa shape index (κ2) is 20.7. The van der Waals surface area contributed by atoms with Crippen LogP contribution in [0.15, 0.2) is 12.2 Å². The van der Waals surface area contributed by atoms with Gasteiger partial charge in [0.05, 0.1) is 48.6 Å². The van der Waals surface area contributed by atoms with Crippen molar-refractivity contribution in [2.75, 3.05) is 40.9 Å².